The third kappa shape index (κ3) is 1.79. The summed E-state index contributed by atoms with van der Waals surface area (Å²) in [6.07, 6.45) is 2.16. The largest absolute Gasteiger partial charge is 0.494 e. The molecule has 0 heterocycles. The van der Waals surface area contributed by atoms with Gasteiger partial charge in [0.25, 0.3) is 0 Å². The molecule has 0 atom stereocenters. The van der Waals surface area contributed by atoms with Crippen molar-refractivity contribution in [3.63, 3.8) is 0 Å². The fourth-order valence-electron chi connectivity index (χ4n) is 1.84. The Morgan fingerprint density at radius 3 is 2.93 bits per heavy atom. The van der Waals surface area contributed by atoms with Crippen LogP contribution in [0.1, 0.15) is 24.5 Å². The van der Waals surface area contributed by atoms with Crippen molar-refractivity contribution in [2.45, 2.75) is 26.2 Å². The Hall–Kier alpha value is -1.31. The molecule has 0 bridgehead atoms. The van der Waals surface area contributed by atoms with Gasteiger partial charge in [-0.3, -0.25) is 4.79 Å². The van der Waals surface area contributed by atoms with E-state index in [4.69, 9.17) is 4.74 Å². The first kappa shape index (κ1) is 9.25. The van der Waals surface area contributed by atoms with Crippen molar-refractivity contribution in [2.24, 2.45) is 0 Å². The van der Waals surface area contributed by atoms with Gasteiger partial charge in [0.1, 0.15) is 11.5 Å². The second-order valence-electron chi connectivity index (χ2n) is 3.58. The molecule has 0 saturated heterocycles. The molecule has 74 valence electrons. The molecule has 0 radical (unpaired) electrons. The zero-order valence-electron chi connectivity index (χ0n) is 8.38. The number of ether oxygens (including phenoxy) is 1. The molecule has 1 aromatic rings. The zero-order valence-corrected chi connectivity index (χ0v) is 8.38. The van der Waals surface area contributed by atoms with E-state index in [1.165, 1.54) is 5.56 Å². The SMILES string of the molecule is CCOc1ccc2c(c1)CC(=O)CC2. The standard InChI is InChI=1S/C12H14O2/c1-2-14-12-6-4-9-3-5-11(13)7-10(9)8-12/h4,6,8H,2-3,5,7H2,1H3. The molecular weight excluding hydrogens is 176 g/mol. The topological polar surface area (TPSA) is 26.3 Å². The molecule has 0 amide bonds. The predicted molar refractivity (Wildman–Crippen MR) is 54.6 cm³/mol. The minimum atomic E-state index is 0.339. The second kappa shape index (κ2) is 3.82. The number of carbonyl (C=O) groups excluding carboxylic acids is 1. The minimum Gasteiger partial charge on any atom is -0.494 e. The number of Topliss-reactive ketones (excluding diaryl/α,β-unsaturated/α-hetero) is 1. The lowest BCUT2D eigenvalue weighted by atomic mass is 9.91. The third-order valence-corrected chi connectivity index (χ3v) is 2.55. The summed E-state index contributed by atoms with van der Waals surface area (Å²) in [5.41, 5.74) is 2.44. The Balaban J connectivity index is 2.28. The highest BCUT2D eigenvalue weighted by atomic mass is 16.5. The summed E-state index contributed by atoms with van der Waals surface area (Å²) in [6, 6.07) is 6.06. The molecule has 0 N–H and O–H groups in total. The van der Waals surface area contributed by atoms with Crippen LogP contribution in [-0.2, 0) is 17.6 Å². The van der Waals surface area contributed by atoms with Crippen LogP contribution in [0.25, 0.3) is 0 Å². The van der Waals surface area contributed by atoms with E-state index in [9.17, 15) is 4.79 Å². The van der Waals surface area contributed by atoms with Crippen molar-refractivity contribution in [3.8, 4) is 5.75 Å². The maximum absolute atomic E-state index is 11.3. The van der Waals surface area contributed by atoms with E-state index in [-0.39, 0.29) is 0 Å². The molecule has 0 fully saturated rings. The van der Waals surface area contributed by atoms with Gasteiger partial charge in [-0.25, -0.2) is 0 Å². The van der Waals surface area contributed by atoms with Crippen LogP contribution < -0.4 is 4.74 Å². The zero-order chi connectivity index (χ0) is 9.97. The van der Waals surface area contributed by atoms with Gasteiger partial charge in [0.15, 0.2) is 0 Å². The summed E-state index contributed by atoms with van der Waals surface area (Å²) >= 11 is 0. The van der Waals surface area contributed by atoms with Crippen LogP contribution in [0.5, 0.6) is 5.75 Å². The summed E-state index contributed by atoms with van der Waals surface area (Å²) in [5, 5.41) is 0. The van der Waals surface area contributed by atoms with Gasteiger partial charge in [0.2, 0.25) is 0 Å². The fraction of sp³-hybridized carbons (Fsp3) is 0.417. The summed E-state index contributed by atoms with van der Waals surface area (Å²) in [6.45, 7) is 2.64. The lowest BCUT2D eigenvalue weighted by Gasteiger charge is -2.15. The van der Waals surface area contributed by atoms with E-state index in [2.05, 4.69) is 6.07 Å². The van der Waals surface area contributed by atoms with Crippen LogP contribution in [0.3, 0.4) is 0 Å². The number of ketones is 1. The lowest BCUT2D eigenvalue weighted by molar-refractivity contribution is -0.118. The Morgan fingerprint density at radius 2 is 2.14 bits per heavy atom. The summed E-state index contributed by atoms with van der Waals surface area (Å²) in [5.74, 6) is 1.21. The van der Waals surface area contributed by atoms with E-state index >= 15 is 0 Å². The molecule has 0 unspecified atom stereocenters. The predicted octanol–water partition coefficient (Wildman–Crippen LogP) is 2.14. The number of rotatable bonds is 2. The fourth-order valence-corrected chi connectivity index (χ4v) is 1.84. The Kier molecular flexibility index (Phi) is 2.53. The smallest absolute Gasteiger partial charge is 0.137 e. The molecule has 0 saturated carbocycles. The first-order chi connectivity index (χ1) is 6.79. The van der Waals surface area contributed by atoms with Gasteiger partial charge in [-0.05, 0) is 36.6 Å². The van der Waals surface area contributed by atoms with Crippen LogP contribution in [0.4, 0.5) is 0 Å². The highest BCUT2D eigenvalue weighted by Gasteiger charge is 2.15. The molecule has 2 nitrogen and oxygen atoms in total. The number of aryl methyl sites for hydroxylation is 1. The van der Waals surface area contributed by atoms with Crippen LogP contribution in [-0.4, -0.2) is 12.4 Å². The molecule has 1 aliphatic carbocycles. The van der Waals surface area contributed by atoms with Crippen molar-refractivity contribution in [3.05, 3.63) is 29.3 Å². The molecule has 0 spiro atoms. The number of hydrogen-bond donors (Lipinski definition) is 0. The van der Waals surface area contributed by atoms with Gasteiger partial charge in [-0.2, -0.15) is 0 Å². The Morgan fingerprint density at radius 1 is 1.29 bits per heavy atom. The minimum absolute atomic E-state index is 0.339. The Labute approximate surface area is 83.9 Å². The van der Waals surface area contributed by atoms with Gasteiger partial charge in [0.05, 0.1) is 6.61 Å². The molecule has 1 aromatic carbocycles. The molecule has 0 aromatic heterocycles. The first-order valence-electron chi connectivity index (χ1n) is 5.06. The average Bonchev–Trinajstić information content (AvgIpc) is 2.17. The summed E-state index contributed by atoms with van der Waals surface area (Å²) in [7, 11) is 0. The summed E-state index contributed by atoms with van der Waals surface area (Å²) in [4.78, 5) is 11.3. The van der Waals surface area contributed by atoms with E-state index in [1.54, 1.807) is 0 Å². The highest BCUT2D eigenvalue weighted by Crippen LogP contribution is 2.23. The van der Waals surface area contributed by atoms with Gasteiger partial charge in [0, 0.05) is 12.8 Å². The third-order valence-electron chi connectivity index (χ3n) is 2.55. The number of hydrogen-bond acceptors (Lipinski definition) is 2. The van der Waals surface area contributed by atoms with Gasteiger partial charge < -0.3 is 4.74 Å². The molecule has 2 rings (SSSR count). The van der Waals surface area contributed by atoms with Crippen LogP contribution >= 0.6 is 0 Å². The molecule has 0 aliphatic heterocycles. The van der Waals surface area contributed by atoms with Crippen molar-refractivity contribution in [1.29, 1.82) is 0 Å². The lowest BCUT2D eigenvalue weighted by Crippen LogP contribution is -2.13. The van der Waals surface area contributed by atoms with Crippen molar-refractivity contribution >= 4 is 5.78 Å². The van der Waals surface area contributed by atoms with Crippen molar-refractivity contribution < 1.29 is 9.53 Å². The number of benzene rings is 1. The average molecular weight is 190 g/mol. The Bertz CT molecular complexity index is 355. The van der Waals surface area contributed by atoms with Gasteiger partial charge in [-0.1, -0.05) is 6.07 Å². The van der Waals surface area contributed by atoms with E-state index in [0.29, 0.717) is 25.2 Å². The normalized spacial score (nSPS) is 15.1. The molecule has 14 heavy (non-hydrogen) atoms. The molecular formula is C12H14O2. The summed E-state index contributed by atoms with van der Waals surface area (Å²) < 4.78 is 5.40. The molecule has 2 heteroatoms. The van der Waals surface area contributed by atoms with E-state index in [0.717, 1.165) is 17.7 Å². The van der Waals surface area contributed by atoms with Crippen LogP contribution in [0, 0.1) is 0 Å². The van der Waals surface area contributed by atoms with Crippen LogP contribution in [0.15, 0.2) is 18.2 Å². The maximum Gasteiger partial charge on any atom is 0.137 e. The number of fused-ring (bicyclic) bond motifs is 1. The van der Waals surface area contributed by atoms with E-state index in [1.807, 2.05) is 19.1 Å². The van der Waals surface area contributed by atoms with Crippen molar-refractivity contribution in [1.82, 2.24) is 0 Å². The molecule has 1 aliphatic rings. The van der Waals surface area contributed by atoms with Gasteiger partial charge in [-0.15, -0.1) is 0 Å². The van der Waals surface area contributed by atoms with Crippen LogP contribution in [0.2, 0.25) is 0 Å². The highest BCUT2D eigenvalue weighted by molar-refractivity contribution is 5.83. The second-order valence-corrected chi connectivity index (χ2v) is 3.58. The maximum atomic E-state index is 11.3. The monoisotopic (exact) mass is 190 g/mol. The number of carbonyl (C=O) groups is 1. The quantitative estimate of drug-likeness (QED) is 0.714. The van der Waals surface area contributed by atoms with Gasteiger partial charge >= 0.3 is 0 Å². The first-order valence-corrected chi connectivity index (χ1v) is 5.06. The van der Waals surface area contributed by atoms with E-state index < -0.39 is 0 Å². The van der Waals surface area contributed by atoms with Crippen molar-refractivity contribution in [2.75, 3.05) is 6.61 Å².